The van der Waals surface area contributed by atoms with E-state index in [1.165, 1.54) is 12.3 Å². The van der Waals surface area contributed by atoms with Crippen molar-refractivity contribution in [2.45, 2.75) is 0 Å². The summed E-state index contributed by atoms with van der Waals surface area (Å²) >= 11 is 0. The molecule has 0 fully saturated rings. The molecule has 0 atom stereocenters. The van der Waals surface area contributed by atoms with Crippen molar-refractivity contribution in [1.29, 1.82) is 5.41 Å². The van der Waals surface area contributed by atoms with E-state index in [0.29, 0.717) is 0 Å². The molecular weight excluding hydrogens is 78.1 g/mol. The van der Waals surface area contributed by atoms with Gasteiger partial charge in [-0.05, 0) is 12.3 Å². The van der Waals surface area contributed by atoms with Crippen molar-refractivity contribution in [2.24, 2.45) is 11.5 Å². The summed E-state index contributed by atoms with van der Waals surface area (Å²) < 4.78 is 0. The third-order valence-electron chi connectivity index (χ3n) is 0.276. The number of nitrogens with two attached hydrogens (primary N) is 2. The quantitative estimate of drug-likeness (QED) is 0.293. The highest BCUT2D eigenvalue weighted by Crippen LogP contribution is 1.56. The Morgan fingerprint density at radius 1 is 1.67 bits per heavy atom. The molecule has 0 bridgehead atoms. The summed E-state index contributed by atoms with van der Waals surface area (Å²) in [6.07, 6.45) is 2.53. The van der Waals surface area contributed by atoms with Crippen molar-refractivity contribution < 1.29 is 0 Å². The minimum absolute atomic E-state index is 0.0162. The van der Waals surface area contributed by atoms with Crippen molar-refractivity contribution in [3.8, 4) is 0 Å². The average Bonchev–Trinajstić information content (AvgIpc) is 1.35. The van der Waals surface area contributed by atoms with Crippen molar-refractivity contribution in [3.05, 3.63) is 12.3 Å². The molecule has 0 saturated heterocycles. The van der Waals surface area contributed by atoms with E-state index in [1.54, 1.807) is 0 Å². The van der Waals surface area contributed by atoms with Gasteiger partial charge in [-0.2, -0.15) is 0 Å². The summed E-state index contributed by atoms with van der Waals surface area (Å²) in [6, 6.07) is 0. The van der Waals surface area contributed by atoms with Crippen LogP contribution in [0.2, 0.25) is 0 Å². The van der Waals surface area contributed by atoms with Crippen LogP contribution >= 0.6 is 0 Å². The summed E-state index contributed by atoms with van der Waals surface area (Å²) in [7, 11) is 0. The lowest BCUT2D eigenvalue weighted by molar-refractivity contribution is 1.45. The maximum Gasteiger partial charge on any atom is 0.116 e. The third-order valence-corrected chi connectivity index (χ3v) is 0.276. The Balaban J connectivity index is 3.30. The number of hydrogen-bond acceptors (Lipinski definition) is 2. The van der Waals surface area contributed by atoms with E-state index in [4.69, 9.17) is 16.9 Å². The first kappa shape index (κ1) is 5.01. The van der Waals surface area contributed by atoms with Crippen LogP contribution in [0.15, 0.2) is 12.3 Å². The van der Waals surface area contributed by atoms with E-state index in [-0.39, 0.29) is 5.84 Å². The third kappa shape index (κ3) is 3.01. The molecule has 3 heteroatoms. The Morgan fingerprint density at radius 3 is 2.17 bits per heavy atom. The normalized spacial score (nSPS) is 9.33. The SMILES string of the molecule is N=C(N)/C=C\N. The molecule has 0 heterocycles. The average molecular weight is 85.1 g/mol. The highest BCUT2D eigenvalue weighted by molar-refractivity contribution is 5.88. The number of amidine groups is 1. The molecule has 0 aliphatic rings. The van der Waals surface area contributed by atoms with Gasteiger partial charge in [0.05, 0.1) is 0 Å². The molecule has 0 spiro atoms. The zero-order chi connectivity index (χ0) is 4.99. The molecule has 0 radical (unpaired) electrons. The summed E-state index contributed by atoms with van der Waals surface area (Å²) in [5, 5.41) is 6.51. The standard InChI is InChI=1S/C3H7N3/c4-2-1-3(5)6/h1-2H,4H2,(H3,5,6)/b2-1-. The zero-order valence-electron chi connectivity index (χ0n) is 3.31. The van der Waals surface area contributed by atoms with E-state index < -0.39 is 0 Å². The van der Waals surface area contributed by atoms with Gasteiger partial charge < -0.3 is 11.5 Å². The molecule has 34 valence electrons. The lowest BCUT2D eigenvalue weighted by Crippen LogP contribution is -2.04. The van der Waals surface area contributed by atoms with E-state index in [9.17, 15) is 0 Å². The summed E-state index contributed by atoms with van der Waals surface area (Å²) in [5.74, 6) is -0.0162. The second kappa shape index (κ2) is 2.26. The minimum Gasteiger partial charge on any atom is -0.404 e. The fourth-order valence-electron chi connectivity index (χ4n) is 0.104. The minimum atomic E-state index is -0.0162. The van der Waals surface area contributed by atoms with Gasteiger partial charge in [0.15, 0.2) is 0 Å². The Labute approximate surface area is 36.1 Å². The Hall–Kier alpha value is -0.990. The van der Waals surface area contributed by atoms with Crippen LogP contribution in [0.3, 0.4) is 0 Å². The van der Waals surface area contributed by atoms with Crippen LogP contribution in [-0.2, 0) is 0 Å². The van der Waals surface area contributed by atoms with Gasteiger partial charge in [-0.1, -0.05) is 0 Å². The predicted octanol–water partition coefficient (Wildman–Crippen LogP) is -0.605. The smallest absolute Gasteiger partial charge is 0.116 e. The predicted molar refractivity (Wildman–Crippen MR) is 25.2 cm³/mol. The number of nitrogens with one attached hydrogen (secondary N) is 1. The van der Waals surface area contributed by atoms with Gasteiger partial charge in [0, 0.05) is 0 Å². The summed E-state index contributed by atoms with van der Waals surface area (Å²) in [4.78, 5) is 0. The monoisotopic (exact) mass is 85.1 g/mol. The van der Waals surface area contributed by atoms with E-state index in [2.05, 4.69) is 0 Å². The molecule has 0 aromatic heterocycles. The topological polar surface area (TPSA) is 75.9 Å². The number of rotatable bonds is 1. The van der Waals surface area contributed by atoms with Gasteiger partial charge in [0.25, 0.3) is 0 Å². The van der Waals surface area contributed by atoms with Crippen LogP contribution in [0.5, 0.6) is 0 Å². The van der Waals surface area contributed by atoms with Gasteiger partial charge in [-0.25, -0.2) is 0 Å². The van der Waals surface area contributed by atoms with Crippen LogP contribution in [0.4, 0.5) is 0 Å². The maximum atomic E-state index is 6.51. The van der Waals surface area contributed by atoms with Crippen LogP contribution in [-0.4, -0.2) is 5.84 Å². The van der Waals surface area contributed by atoms with Gasteiger partial charge in [-0.15, -0.1) is 0 Å². The van der Waals surface area contributed by atoms with E-state index in [0.717, 1.165) is 0 Å². The second-order valence-corrected chi connectivity index (χ2v) is 0.814. The number of hydrogen-bond donors (Lipinski definition) is 3. The van der Waals surface area contributed by atoms with Crippen LogP contribution in [0, 0.1) is 5.41 Å². The van der Waals surface area contributed by atoms with E-state index >= 15 is 0 Å². The molecule has 3 nitrogen and oxygen atoms in total. The van der Waals surface area contributed by atoms with Crippen LogP contribution in [0.1, 0.15) is 0 Å². The van der Waals surface area contributed by atoms with Gasteiger partial charge in [0.1, 0.15) is 5.84 Å². The summed E-state index contributed by atoms with van der Waals surface area (Å²) in [5.41, 5.74) is 9.65. The lowest BCUT2D eigenvalue weighted by atomic mass is 10.6. The molecule has 0 aromatic rings. The Morgan fingerprint density at radius 2 is 2.17 bits per heavy atom. The van der Waals surface area contributed by atoms with Crippen molar-refractivity contribution in [2.75, 3.05) is 0 Å². The first-order valence-corrected chi connectivity index (χ1v) is 1.49. The Bertz CT molecular complexity index is 74.1. The highest BCUT2D eigenvalue weighted by atomic mass is 14.7. The highest BCUT2D eigenvalue weighted by Gasteiger charge is 1.67. The zero-order valence-corrected chi connectivity index (χ0v) is 3.31. The molecule has 0 unspecified atom stereocenters. The largest absolute Gasteiger partial charge is 0.404 e. The molecule has 0 saturated carbocycles. The molecule has 0 aliphatic carbocycles. The second-order valence-electron chi connectivity index (χ2n) is 0.814. The van der Waals surface area contributed by atoms with E-state index in [1.807, 2.05) is 0 Å². The van der Waals surface area contributed by atoms with Crippen molar-refractivity contribution >= 4 is 5.84 Å². The molecule has 0 rings (SSSR count). The first-order valence-electron chi connectivity index (χ1n) is 1.49. The van der Waals surface area contributed by atoms with Gasteiger partial charge in [-0.3, -0.25) is 5.41 Å². The van der Waals surface area contributed by atoms with Crippen LogP contribution < -0.4 is 11.5 Å². The maximum absolute atomic E-state index is 6.51. The summed E-state index contributed by atoms with van der Waals surface area (Å²) in [6.45, 7) is 0. The molecule has 6 heavy (non-hydrogen) atoms. The fraction of sp³-hybridized carbons (Fsp3) is 0. The van der Waals surface area contributed by atoms with Gasteiger partial charge >= 0.3 is 0 Å². The fourth-order valence-corrected chi connectivity index (χ4v) is 0.104. The van der Waals surface area contributed by atoms with Crippen LogP contribution in [0.25, 0.3) is 0 Å². The van der Waals surface area contributed by atoms with Crippen molar-refractivity contribution in [3.63, 3.8) is 0 Å². The van der Waals surface area contributed by atoms with Gasteiger partial charge in [0.2, 0.25) is 0 Å². The molecular formula is C3H7N3. The molecule has 5 N–H and O–H groups in total. The molecule has 0 amide bonds. The molecule has 0 aromatic carbocycles. The first-order chi connectivity index (χ1) is 2.77. The lowest BCUT2D eigenvalue weighted by Gasteiger charge is -1.75. The molecule has 0 aliphatic heterocycles. The Kier molecular flexibility index (Phi) is 1.89. The van der Waals surface area contributed by atoms with Crippen molar-refractivity contribution in [1.82, 2.24) is 0 Å².